The Morgan fingerprint density at radius 3 is 2.47 bits per heavy atom. The van der Waals surface area contributed by atoms with E-state index in [0.29, 0.717) is 33.7 Å². The Morgan fingerprint density at radius 2 is 1.79 bits per heavy atom. The van der Waals surface area contributed by atoms with E-state index in [2.05, 4.69) is 39.3 Å². The Balaban J connectivity index is 1.36. The van der Waals surface area contributed by atoms with Crippen molar-refractivity contribution in [1.82, 2.24) is 5.01 Å². The maximum Gasteiger partial charge on any atom is 0.254 e. The van der Waals surface area contributed by atoms with Gasteiger partial charge >= 0.3 is 0 Å². The highest BCUT2D eigenvalue weighted by molar-refractivity contribution is 9.10. The first-order valence-corrected chi connectivity index (χ1v) is 12.0. The summed E-state index contributed by atoms with van der Waals surface area (Å²) in [6.45, 7) is 2.50. The van der Waals surface area contributed by atoms with Crippen LogP contribution in [0.25, 0.3) is 0 Å². The van der Waals surface area contributed by atoms with Gasteiger partial charge in [0, 0.05) is 15.6 Å². The molecule has 4 atom stereocenters. The Labute approximate surface area is 205 Å². The van der Waals surface area contributed by atoms with Gasteiger partial charge in [0.15, 0.2) is 11.5 Å². The SMILES string of the molecule is CCOc1cc(C=NN2C(=O)[C@@H]3[C@H](C2=O)[C@H]2C=C[C@H]3C2)c(Br)cc1OCc1ccccc1C#N. The van der Waals surface area contributed by atoms with E-state index >= 15 is 0 Å². The van der Waals surface area contributed by atoms with Gasteiger partial charge in [0.05, 0.1) is 36.3 Å². The zero-order chi connectivity index (χ0) is 23.8. The summed E-state index contributed by atoms with van der Waals surface area (Å²) < 4.78 is 12.4. The highest BCUT2D eigenvalue weighted by atomic mass is 79.9. The van der Waals surface area contributed by atoms with Gasteiger partial charge < -0.3 is 9.47 Å². The van der Waals surface area contributed by atoms with Gasteiger partial charge in [-0.15, -0.1) is 0 Å². The lowest BCUT2D eigenvalue weighted by Gasteiger charge is -2.15. The number of hydrogen-bond donors (Lipinski definition) is 0. The van der Waals surface area contributed by atoms with Crippen LogP contribution in [-0.4, -0.2) is 29.6 Å². The fourth-order valence-corrected chi connectivity index (χ4v) is 5.49. The number of ether oxygens (including phenoxy) is 2. The number of allylic oxidation sites excluding steroid dienone is 2. The van der Waals surface area contributed by atoms with Crippen molar-refractivity contribution in [3.05, 3.63) is 69.7 Å². The number of carbonyl (C=O) groups excluding carboxylic acids is 2. The number of imide groups is 1. The fraction of sp³-hybridized carbons (Fsp3) is 0.308. The van der Waals surface area contributed by atoms with Crippen LogP contribution in [0.1, 0.15) is 30.0 Å². The van der Waals surface area contributed by atoms with Crippen molar-refractivity contribution in [3.63, 3.8) is 0 Å². The average molecular weight is 520 g/mol. The van der Waals surface area contributed by atoms with Crippen LogP contribution >= 0.6 is 15.9 Å². The molecule has 0 radical (unpaired) electrons. The van der Waals surface area contributed by atoms with Crippen LogP contribution in [0.4, 0.5) is 0 Å². The maximum absolute atomic E-state index is 12.9. The first-order valence-electron chi connectivity index (χ1n) is 11.2. The van der Waals surface area contributed by atoms with Crippen molar-refractivity contribution >= 4 is 34.0 Å². The second kappa shape index (κ2) is 9.07. The molecule has 0 N–H and O–H groups in total. The molecule has 2 bridgehead atoms. The highest BCUT2D eigenvalue weighted by Crippen LogP contribution is 2.52. The van der Waals surface area contributed by atoms with Crippen molar-refractivity contribution < 1.29 is 19.1 Å². The Morgan fingerprint density at radius 1 is 1.12 bits per heavy atom. The molecule has 2 aromatic rings. The minimum absolute atomic E-state index is 0.144. The van der Waals surface area contributed by atoms with Crippen LogP contribution in [0.15, 0.2) is 58.1 Å². The molecule has 172 valence electrons. The number of amides is 2. The molecule has 0 spiro atoms. The Kier molecular flexibility index (Phi) is 5.96. The molecular formula is C26H22BrN3O4. The monoisotopic (exact) mass is 519 g/mol. The summed E-state index contributed by atoms with van der Waals surface area (Å²) in [5.74, 6) is 0.281. The molecule has 1 aliphatic heterocycles. The van der Waals surface area contributed by atoms with E-state index in [1.807, 2.05) is 25.1 Å². The van der Waals surface area contributed by atoms with Crippen LogP contribution in [0.3, 0.4) is 0 Å². The van der Waals surface area contributed by atoms with Gasteiger partial charge in [0.2, 0.25) is 0 Å². The Bertz CT molecular complexity index is 1240. The summed E-state index contributed by atoms with van der Waals surface area (Å²) in [7, 11) is 0. The van der Waals surface area contributed by atoms with E-state index in [0.717, 1.165) is 17.0 Å². The van der Waals surface area contributed by atoms with Crippen molar-refractivity contribution in [2.24, 2.45) is 28.8 Å². The summed E-state index contributed by atoms with van der Waals surface area (Å²) in [6, 6.07) is 12.9. The van der Waals surface area contributed by atoms with Gasteiger partial charge in [-0.25, -0.2) is 0 Å². The molecule has 34 heavy (non-hydrogen) atoms. The number of rotatable bonds is 7. The van der Waals surface area contributed by atoms with Gasteiger partial charge in [-0.2, -0.15) is 15.4 Å². The van der Waals surface area contributed by atoms with E-state index in [1.165, 1.54) is 6.21 Å². The summed E-state index contributed by atoms with van der Waals surface area (Å²) in [5.41, 5.74) is 1.97. The normalized spacial score (nSPS) is 24.7. The number of nitriles is 1. The highest BCUT2D eigenvalue weighted by Gasteiger charge is 2.59. The van der Waals surface area contributed by atoms with E-state index in [-0.39, 0.29) is 42.1 Å². The number of carbonyl (C=O) groups is 2. The second-order valence-corrected chi connectivity index (χ2v) is 9.40. The van der Waals surface area contributed by atoms with E-state index < -0.39 is 0 Å². The maximum atomic E-state index is 12.9. The largest absolute Gasteiger partial charge is 0.490 e. The lowest BCUT2D eigenvalue weighted by molar-refractivity contribution is -0.140. The molecule has 1 saturated carbocycles. The zero-order valence-electron chi connectivity index (χ0n) is 18.5. The predicted molar refractivity (Wildman–Crippen MR) is 128 cm³/mol. The molecule has 1 heterocycles. The summed E-state index contributed by atoms with van der Waals surface area (Å²) >= 11 is 3.53. The van der Waals surface area contributed by atoms with Gasteiger partial charge in [-0.1, -0.05) is 30.4 Å². The molecule has 2 fully saturated rings. The molecule has 0 unspecified atom stereocenters. The molecule has 2 aromatic carbocycles. The minimum atomic E-state index is -0.283. The van der Waals surface area contributed by atoms with Crippen LogP contribution in [-0.2, 0) is 16.2 Å². The molecule has 3 aliphatic rings. The third kappa shape index (κ3) is 3.80. The average Bonchev–Trinajstić information content (AvgIpc) is 3.52. The van der Waals surface area contributed by atoms with Crippen LogP contribution in [0, 0.1) is 35.0 Å². The van der Waals surface area contributed by atoms with Crippen molar-refractivity contribution in [2.75, 3.05) is 6.61 Å². The van der Waals surface area contributed by atoms with Crippen molar-refractivity contribution in [2.45, 2.75) is 20.0 Å². The summed E-state index contributed by atoms with van der Waals surface area (Å²) in [6.07, 6.45) is 6.49. The zero-order valence-corrected chi connectivity index (χ0v) is 20.1. The molecule has 1 saturated heterocycles. The fourth-order valence-electron chi connectivity index (χ4n) is 5.06. The number of halogens is 1. The second-order valence-electron chi connectivity index (χ2n) is 8.54. The van der Waals surface area contributed by atoms with Gasteiger partial charge in [0.25, 0.3) is 11.8 Å². The summed E-state index contributed by atoms with van der Waals surface area (Å²) in [4.78, 5) is 25.7. The number of fused-ring (bicyclic) bond motifs is 5. The molecule has 2 amide bonds. The smallest absolute Gasteiger partial charge is 0.254 e. The van der Waals surface area contributed by atoms with Crippen LogP contribution < -0.4 is 9.47 Å². The third-order valence-electron chi connectivity index (χ3n) is 6.64. The third-order valence-corrected chi connectivity index (χ3v) is 7.33. The van der Waals surface area contributed by atoms with Crippen molar-refractivity contribution in [1.29, 1.82) is 5.26 Å². The standard InChI is InChI=1S/C26H22BrN3O4/c1-2-33-21-10-19(20(27)11-22(21)34-14-18-6-4-3-5-17(18)12-28)13-29-30-25(31)23-15-7-8-16(9-15)24(23)26(30)32/h3-8,10-11,13,15-16,23-24H,2,9,14H2,1H3/t15-,16-,23-,24+/m0/s1. The summed E-state index contributed by atoms with van der Waals surface area (Å²) in [5, 5.41) is 14.6. The number of hydrogen-bond acceptors (Lipinski definition) is 6. The first-order chi connectivity index (χ1) is 16.5. The first kappa shape index (κ1) is 22.4. The quantitative estimate of drug-likeness (QED) is 0.306. The van der Waals surface area contributed by atoms with Crippen molar-refractivity contribution in [3.8, 4) is 17.6 Å². The van der Waals surface area contributed by atoms with Gasteiger partial charge in [-0.3, -0.25) is 9.59 Å². The lowest BCUT2D eigenvalue weighted by atomic mass is 9.85. The molecule has 5 rings (SSSR count). The number of hydrazone groups is 1. The molecular weight excluding hydrogens is 498 g/mol. The predicted octanol–water partition coefficient (Wildman–Crippen LogP) is 4.44. The molecule has 0 aromatic heterocycles. The number of nitrogens with zero attached hydrogens (tertiary/aromatic N) is 3. The van der Waals surface area contributed by atoms with Gasteiger partial charge in [-0.05, 0) is 59.3 Å². The molecule has 7 nitrogen and oxygen atoms in total. The van der Waals surface area contributed by atoms with E-state index in [4.69, 9.17) is 9.47 Å². The minimum Gasteiger partial charge on any atom is -0.490 e. The van der Waals surface area contributed by atoms with Crippen LogP contribution in [0.5, 0.6) is 11.5 Å². The van der Waals surface area contributed by atoms with E-state index in [1.54, 1.807) is 18.2 Å². The number of benzene rings is 2. The van der Waals surface area contributed by atoms with Crippen LogP contribution in [0.2, 0.25) is 0 Å². The molecule has 2 aliphatic carbocycles. The lowest BCUT2D eigenvalue weighted by Crippen LogP contribution is -2.28. The Hall–Kier alpha value is -3.44. The topological polar surface area (TPSA) is 92.0 Å². The van der Waals surface area contributed by atoms with E-state index in [9.17, 15) is 14.9 Å². The molecule has 8 heteroatoms. The van der Waals surface area contributed by atoms with Gasteiger partial charge in [0.1, 0.15) is 6.61 Å².